The van der Waals surface area contributed by atoms with Gasteiger partial charge in [0.1, 0.15) is 17.9 Å². The maximum atomic E-state index is 13.4. The zero-order valence-electron chi connectivity index (χ0n) is 13.9. The van der Waals surface area contributed by atoms with Crippen LogP contribution in [0.25, 0.3) is 11.2 Å². The van der Waals surface area contributed by atoms with Gasteiger partial charge in [-0.05, 0) is 0 Å². The third-order valence-corrected chi connectivity index (χ3v) is 3.55. The van der Waals surface area contributed by atoms with E-state index in [0.29, 0.717) is 16.7 Å². The van der Waals surface area contributed by atoms with Crippen molar-refractivity contribution in [3.8, 4) is 0 Å². The second-order valence-corrected chi connectivity index (χ2v) is 5.59. The zero-order valence-corrected chi connectivity index (χ0v) is 13.9. The van der Waals surface area contributed by atoms with Crippen molar-refractivity contribution >= 4 is 17.4 Å². The van der Waals surface area contributed by atoms with Crippen LogP contribution in [0.2, 0.25) is 0 Å². The first-order chi connectivity index (χ1) is 13.2. The van der Waals surface area contributed by atoms with E-state index < -0.39 is 58.3 Å². The third kappa shape index (κ3) is 4.46. The van der Waals surface area contributed by atoms with Crippen molar-refractivity contribution in [1.29, 1.82) is 0 Å². The number of hydrogen-bond donors (Lipinski definition) is 2. The average Bonchev–Trinajstić information content (AvgIpc) is 2.57. The van der Waals surface area contributed by atoms with E-state index >= 15 is 0 Å². The van der Waals surface area contributed by atoms with Crippen molar-refractivity contribution in [2.24, 2.45) is 10.7 Å². The van der Waals surface area contributed by atoms with Gasteiger partial charge < -0.3 is 10.7 Å². The predicted octanol–water partition coefficient (Wildman–Crippen LogP) is 2.57. The number of nitrogens with two attached hydrogens (primary N) is 1. The van der Waals surface area contributed by atoms with Crippen molar-refractivity contribution < 1.29 is 35.1 Å². The molecule has 3 N–H and O–H groups in total. The van der Waals surface area contributed by atoms with E-state index in [-0.39, 0.29) is 6.21 Å². The lowest BCUT2D eigenvalue weighted by Crippen LogP contribution is -2.39. The maximum Gasteiger partial charge on any atom is 0.455 e. The van der Waals surface area contributed by atoms with E-state index in [9.17, 15) is 44.7 Å². The van der Waals surface area contributed by atoms with Crippen molar-refractivity contribution in [2.75, 3.05) is 6.54 Å². The number of fused-ring (bicyclic) bond motifs is 1. The van der Waals surface area contributed by atoms with Gasteiger partial charge in [-0.25, -0.2) is 0 Å². The Kier molecular flexibility index (Phi) is 5.59. The largest absolute Gasteiger partial charge is 0.455 e. The molecular weight excluding hydrogens is 420 g/mol. The number of nitrogens with zero attached hydrogens (tertiary/aromatic N) is 2. The molecule has 0 aliphatic heterocycles. The van der Waals surface area contributed by atoms with Crippen LogP contribution in [0, 0.1) is 0 Å². The molecule has 0 amide bonds. The molecule has 6 nitrogen and oxygen atoms in total. The minimum atomic E-state index is -5.93. The molecule has 0 aromatic carbocycles. The molecule has 0 spiro atoms. The van der Waals surface area contributed by atoms with Crippen molar-refractivity contribution in [3.05, 3.63) is 56.4 Å². The third-order valence-electron chi connectivity index (χ3n) is 3.55. The summed E-state index contributed by atoms with van der Waals surface area (Å²) in [6, 6.07) is 1.56. The fraction of sp³-hybridized carbons (Fsp3) is 0.267. The highest BCUT2D eigenvalue weighted by molar-refractivity contribution is 6.10. The summed E-state index contributed by atoms with van der Waals surface area (Å²) < 4.78 is 103. The number of aliphatic imine (C=N–C) groups is 1. The standard InChI is InChI=1S/C15H10F8N4O2/c16-13(17,15(21,22)23)6-25-5-7(4-24)10-11(14(18,19)20)26-9-3-8(28)1-2-27(9)12(10)29/h1-5,26H,6,24H2. The monoisotopic (exact) mass is 430 g/mol. The van der Waals surface area contributed by atoms with Crippen LogP contribution in [0.1, 0.15) is 11.3 Å². The van der Waals surface area contributed by atoms with Gasteiger partial charge in [0.25, 0.3) is 5.56 Å². The highest BCUT2D eigenvalue weighted by Crippen LogP contribution is 2.36. The van der Waals surface area contributed by atoms with E-state index in [1.165, 1.54) is 0 Å². The normalized spacial score (nSPS) is 14.1. The molecule has 158 valence electrons. The first-order valence-corrected chi connectivity index (χ1v) is 7.41. The van der Waals surface area contributed by atoms with E-state index in [1.54, 1.807) is 0 Å². The van der Waals surface area contributed by atoms with Crippen LogP contribution in [-0.2, 0) is 6.18 Å². The molecule has 2 aromatic heterocycles. The Hall–Kier alpha value is -3.19. The summed E-state index contributed by atoms with van der Waals surface area (Å²) in [6.07, 6.45) is -9.68. The zero-order chi connectivity index (χ0) is 22.2. The number of pyridine rings is 1. The lowest BCUT2D eigenvalue weighted by Gasteiger charge is -2.17. The number of aromatic amines is 1. The number of rotatable bonds is 4. The Morgan fingerprint density at radius 2 is 1.76 bits per heavy atom. The molecule has 2 heterocycles. The molecule has 0 unspecified atom stereocenters. The summed E-state index contributed by atoms with van der Waals surface area (Å²) in [7, 11) is 0. The molecule has 2 rings (SSSR count). The lowest BCUT2D eigenvalue weighted by molar-refractivity contribution is -0.276. The van der Waals surface area contributed by atoms with Crippen molar-refractivity contribution in [2.45, 2.75) is 18.3 Å². The van der Waals surface area contributed by atoms with E-state index in [2.05, 4.69) is 4.99 Å². The van der Waals surface area contributed by atoms with Crippen molar-refractivity contribution in [3.63, 3.8) is 0 Å². The van der Waals surface area contributed by atoms with Crippen LogP contribution in [-0.4, -0.2) is 34.2 Å². The maximum absolute atomic E-state index is 13.4. The SMILES string of the molecule is NC=C(C=NCC(F)(F)C(F)(F)F)c1c(C(F)(F)F)[nH]c2cc(=O)ccn2c1=O. The Labute approximate surface area is 155 Å². The smallest absolute Gasteiger partial charge is 0.404 e. The Morgan fingerprint density at radius 1 is 1.14 bits per heavy atom. The van der Waals surface area contributed by atoms with E-state index in [1.807, 2.05) is 4.98 Å². The highest BCUT2D eigenvalue weighted by atomic mass is 19.4. The van der Waals surface area contributed by atoms with Gasteiger partial charge in [-0.3, -0.25) is 19.0 Å². The number of hydrogen-bond acceptors (Lipinski definition) is 4. The molecule has 0 radical (unpaired) electrons. The molecule has 0 atom stereocenters. The first kappa shape index (κ1) is 22.1. The van der Waals surface area contributed by atoms with Crippen molar-refractivity contribution in [1.82, 2.24) is 9.38 Å². The van der Waals surface area contributed by atoms with Crippen LogP contribution in [0.5, 0.6) is 0 Å². The Morgan fingerprint density at radius 3 is 2.28 bits per heavy atom. The van der Waals surface area contributed by atoms with E-state index in [4.69, 9.17) is 5.73 Å². The molecular formula is C15H10F8N4O2. The van der Waals surface area contributed by atoms with E-state index in [0.717, 1.165) is 12.3 Å². The summed E-state index contributed by atoms with van der Waals surface area (Å²) in [5.41, 5.74) is -1.21. The first-order valence-electron chi connectivity index (χ1n) is 7.41. The number of allylic oxidation sites excluding steroid dienone is 1. The Bertz CT molecular complexity index is 1090. The number of H-pyrrole nitrogens is 1. The summed E-state index contributed by atoms with van der Waals surface area (Å²) in [5.74, 6) is -5.24. The summed E-state index contributed by atoms with van der Waals surface area (Å²) in [4.78, 5) is 28.4. The number of alkyl halides is 8. The average molecular weight is 430 g/mol. The van der Waals surface area contributed by atoms with Crippen LogP contribution in [0.4, 0.5) is 35.1 Å². The van der Waals surface area contributed by atoms with Crippen LogP contribution < -0.4 is 16.7 Å². The van der Waals surface area contributed by atoms with Gasteiger partial charge in [0.2, 0.25) is 0 Å². The Balaban J connectivity index is 2.65. The van der Waals surface area contributed by atoms with Gasteiger partial charge in [0.15, 0.2) is 5.43 Å². The minimum absolute atomic E-state index is 0.202. The molecule has 0 saturated heterocycles. The fourth-order valence-corrected chi connectivity index (χ4v) is 2.19. The second kappa shape index (κ2) is 7.33. The van der Waals surface area contributed by atoms with Crippen LogP contribution in [0.3, 0.4) is 0 Å². The number of nitrogens with one attached hydrogen (secondary N) is 1. The van der Waals surface area contributed by atoms with Gasteiger partial charge in [0, 0.05) is 36.3 Å². The second-order valence-electron chi connectivity index (χ2n) is 5.59. The van der Waals surface area contributed by atoms with Gasteiger partial charge in [-0.15, -0.1) is 0 Å². The van der Waals surface area contributed by atoms with Gasteiger partial charge in [0.05, 0.1) is 5.56 Å². The fourth-order valence-electron chi connectivity index (χ4n) is 2.19. The van der Waals surface area contributed by atoms with Crippen LogP contribution in [0.15, 0.2) is 39.1 Å². The topological polar surface area (TPSA) is 92.7 Å². The quantitative estimate of drug-likeness (QED) is 0.577. The molecule has 0 fully saturated rings. The summed E-state index contributed by atoms with van der Waals surface area (Å²) >= 11 is 0. The number of aromatic nitrogens is 2. The summed E-state index contributed by atoms with van der Waals surface area (Å²) in [6.45, 7) is -2.13. The molecule has 0 aliphatic rings. The van der Waals surface area contributed by atoms with Gasteiger partial charge in [-0.1, -0.05) is 0 Å². The van der Waals surface area contributed by atoms with Gasteiger partial charge >= 0.3 is 18.3 Å². The van der Waals surface area contributed by atoms with Crippen LogP contribution >= 0.6 is 0 Å². The molecule has 0 aliphatic carbocycles. The minimum Gasteiger partial charge on any atom is -0.404 e. The summed E-state index contributed by atoms with van der Waals surface area (Å²) in [5, 5.41) is 0. The lowest BCUT2D eigenvalue weighted by atomic mass is 10.1. The predicted molar refractivity (Wildman–Crippen MR) is 85.8 cm³/mol. The molecule has 0 bridgehead atoms. The van der Waals surface area contributed by atoms with Gasteiger partial charge in [-0.2, -0.15) is 35.1 Å². The molecule has 0 saturated carbocycles. The molecule has 14 heteroatoms. The number of halogens is 8. The molecule has 2 aromatic rings. The highest BCUT2D eigenvalue weighted by Gasteiger charge is 2.57. The molecule has 29 heavy (non-hydrogen) atoms.